The molecule has 4 rings (SSSR count). The van der Waals surface area contributed by atoms with Crippen LogP contribution in [0.25, 0.3) is 0 Å². The van der Waals surface area contributed by atoms with E-state index in [9.17, 15) is 9.59 Å². The first-order chi connectivity index (χ1) is 14.6. The van der Waals surface area contributed by atoms with Gasteiger partial charge in [-0.2, -0.15) is 0 Å². The maximum absolute atomic E-state index is 13.3. The molecule has 1 saturated carbocycles. The first kappa shape index (κ1) is 21.7. The van der Waals surface area contributed by atoms with Crippen LogP contribution >= 0.6 is 11.8 Å². The number of benzene rings is 1. The minimum Gasteiger partial charge on any atom is -0.342 e. The zero-order valence-corrected chi connectivity index (χ0v) is 19.0. The Morgan fingerprint density at radius 1 is 1.00 bits per heavy atom. The predicted octanol–water partition coefficient (Wildman–Crippen LogP) is 3.88. The maximum atomic E-state index is 13.3. The van der Waals surface area contributed by atoms with Crippen molar-refractivity contribution in [1.29, 1.82) is 0 Å². The van der Waals surface area contributed by atoms with Crippen molar-refractivity contribution in [2.24, 2.45) is 0 Å². The van der Waals surface area contributed by atoms with Crippen molar-refractivity contribution in [3.8, 4) is 0 Å². The van der Waals surface area contributed by atoms with Crippen molar-refractivity contribution < 1.29 is 9.59 Å². The summed E-state index contributed by atoms with van der Waals surface area (Å²) < 4.78 is 0. The molecule has 0 aromatic heterocycles. The van der Waals surface area contributed by atoms with Crippen LogP contribution in [0.1, 0.15) is 61.7 Å². The summed E-state index contributed by atoms with van der Waals surface area (Å²) in [7, 11) is 1.94. The van der Waals surface area contributed by atoms with E-state index in [1.54, 1.807) is 0 Å². The monoisotopic (exact) mass is 429 g/mol. The lowest BCUT2D eigenvalue weighted by Crippen LogP contribution is -2.39. The molecule has 0 N–H and O–H groups in total. The molecule has 2 saturated heterocycles. The van der Waals surface area contributed by atoms with E-state index in [2.05, 4.69) is 4.90 Å². The van der Waals surface area contributed by atoms with Gasteiger partial charge in [-0.05, 0) is 57.3 Å². The van der Waals surface area contributed by atoms with Crippen LogP contribution in [0.4, 0.5) is 0 Å². The quantitative estimate of drug-likeness (QED) is 0.644. The van der Waals surface area contributed by atoms with E-state index in [1.165, 1.54) is 57.0 Å². The van der Waals surface area contributed by atoms with Crippen molar-refractivity contribution in [2.45, 2.75) is 68.3 Å². The van der Waals surface area contributed by atoms with E-state index in [0.29, 0.717) is 17.8 Å². The zero-order valence-electron chi connectivity index (χ0n) is 18.2. The number of carbonyl (C=O) groups excluding carboxylic acids is 2. The van der Waals surface area contributed by atoms with Gasteiger partial charge in [-0.1, -0.05) is 31.4 Å². The third kappa shape index (κ3) is 5.02. The summed E-state index contributed by atoms with van der Waals surface area (Å²) in [5, 5.41) is 0. The van der Waals surface area contributed by atoms with Crippen LogP contribution in [0, 0.1) is 0 Å². The van der Waals surface area contributed by atoms with Crippen LogP contribution in [0.5, 0.6) is 0 Å². The Morgan fingerprint density at radius 2 is 1.73 bits per heavy atom. The van der Waals surface area contributed by atoms with Gasteiger partial charge in [-0.15, -0.1) is 11.8 Å². The highest BCUT2D eigenvalue weighted by Crippen LogP contribution is 2.28. The fraction of sp³-hybridized carbons (Fsp3) is 0.667. The van der Waals surface area contributed by atoms with Gasteiger partial charge >= 0.3 is 0 Å². The van der Waals surface area contributed by atoms with Gasteiger partial charge in [-0.3, -0.25) is 14.5 Å². The van der Waals surface area contributed by atoms with Gasteiger partial charge in [0.25, 0.3) is 5.91 Å². The van der Waals surface area contributed by atoms with Crippen LogP contribution in [-0.4, -0.2) is 77.6 Å². The molecule has 2 aliphatic heterocycles. The van der Waals surface area contributed by atoms with Gasteiger partial charge in [0.05, 0.1) is 11.3 Å². The van der Waals surface area contributed by atoms with Crippen LogP contribution < -0.4 is 0 Å². The largest absolute Gasteiger partial charge is 0.342 e. The van der Waals surface area contributed by atoms with E-state index in [1.807, 2.05) is 41.1 Å². The lowest BCUT2D eigenvalue weighted by Gasteiger charge is -2.31. The highest BCUT2D eigenvalue weighted by atomic mass is 32.2. The van der Waals surface area contributed by atoms with E-state index in [0.717, 1.165) is 42.8 Å². The first-order valence-corrected chi connectivity index (χ1v) is 12.6. The van der Waals surface area contributed by atoms with Crippen LogP contribution in [0.3, 0.4) is 0 Å². The molecular weight excluding hydrogens is 394 g/mol. The molecule has 30 heavy (non-hydrogen) atoms. The summed E-state index contributed by atoms with van der Waals surface area (Å²) in [5.74, 6) is 0.686. The second kappa shape index (κ2) is 10.2. The van der Waals surface area contributed by atoms with Crippen molar-refractivity contribution in [3.05, 3.63) is 29.8 Å². The van der Waals surface area contributed by atoms with Crippen molar-refractivity contribution >= 4 is 23.6 Å². The van der Waals surface area contributed by atoms with Gasteiger partial charge < -0.3 is 9.80 Å². The maximum Gasteiger partial charge on any atom is 0.255 e. The average Bonchev–Trinajstić information content (AvgIpc) is 3.49. The highest BCUT2D eigenvalue weighted by Gasteiger charge is 2.32. The summed E-state index contributed by atoms with van der Waals surface area (Å²) in [4.78, 5) is 33.4. The molecule has 1 aliphatic carbocycles. The first-order valence-electron chi connectivity index (χ1n) is 11.6. The predicted molar refractivity (Wildman–Crippen MR) is 122 cm³/mol. The number of hydrogen-bond donors (Lipinski definition) is 0. The van der Waals surface area contributed by atoms with Gasteiger partial charge in [0.1, 0.15) is 0 Å². The fourth-order valence-electron chi connectivity index (χ4n) is 5.18. The molecule has 0 radical (unpaired) electrons. The zero-order chi connectivity index (χ0) is 20.9. The molecule has 0 bridgehead atoms. The summed E-state index contributed by atoms with van der Waals surface area (Å²) >= 11 is 1.51. The number of rotatable bonds is 6. The van der Waals surface area contributed by atoms with Crippen molar-refractivity contribution in [3.63, 3.8) is 0 Å². The van der Waals surface area contributed by atoms with Gasteiger partial charge in [0.15, 0.2) is 0 Å². The fourth-order valence-corrected chi connectivity index (χ4v) is 6.15. The molecule has 6 heteroatoms. The Bertz CT molecular complexity index is 744. The number of nitrogens with zero attached hydrogens (tertiary/aromatic N) is 3. The molecule has 2 heterocycles. The van der Waals surface area contributed by atoms with Gasteiger partial charge in [-0.25, -0.2) is 0 Å². The highest BCUT2D eigenvalue weighted by molar-refractivity contribution is 8.00. The minimum atomic E-state index is 0.118. The summed E-state index contributed by atoms with van der Waals surface area (Å²) in [6.07, 6.45) is 9.62. The molecule has 5 nitrogen and oxygen atoms in total. The van der Waals surface area contributed by atoms with Crippen LogP contribution in [0.2, 0.25) is 0 Å². The van der Waals surface area contributed by atoms with E-state index in [4.69, 9.17) is 0 Å². The minimum absolute atomic E-state index is 0.118. The lowest BCUT2D eigenvalue weighted by molar-refractivity contribution is -0.129. The van der Waals surface area contributed by atoms with E-state index < -0.39 is 0 Å². The Labute approximate surface area is 185 Å². The third-order valence-electron chi connectivity index (χ3n) is 7.09. The Kier molecular flexibility index (Phi) is 7.37. The van der Waals surface area contributed by atoms with E-state index in [-0.39, 0.29) is 11.8 Å². The number of carbonyl (C=O) groups is 2. The molecule has 1 unspecified atom stereocenters. The lowest BCUT2D eigenvalue weighted by atomic mass is 9.94. The van der Waals surface area contributed by atoms with Crippen molar-refractivity contribution in [2.75, 3.05) is 39.0 Å². The molecule has 0 spiro atoms. The molecule has 1 aromatic rings. The second-order valence-electron chi connectivity index (χ2n) is 9.02. The van der Waals surface area contributed by atoms with E-state index >= 15 is 0 Å². The molecule has 2 amide bonds. The molecule has 3 fully saturated rings. The number of thioether (sulfide) groups is 1. The topological polar surface area (TPSA) is 43.9 Å². The molecular formula is C24H35N3O2S. The van der Waals surface area contributed by atoms with Gasteiger partial charge in [0.2, 0.25) is 5.91 Å². The Balaban J connectivity index is 1.35. The third-order valence-corrected chi connectivity index (χ3v) is 8.15. The summed E-state index contributed by atoms with van der Waals surface area (Å²) in [5.41, 5.74) is 0.748. The van der Waals surface area contributed by atoms with Gasteiger partial charge in [0, 0.05) is 37.1 Å². The normalized spacial score (nSPS) is 23.1. The van der Waals surface area contributed by atoms with Crippen LogP contribution in [-0.2, 0) is 4.79 Å². The Morgan fingerprint density at radius 3 is 2.50 bits per heavy atom. The Hall–Kier alpha value is -1.53. The van der Waals surface area contributed by atoms with Crippen LogP contribution in [0.15, 0.2) is 29.2 Å². The standard InChI is InChI=1S/C24H35N3O2S/c1-25(19-9-3-2-4-10-19)23(28)18-30-22-12-6-5-11-21(22)24(29)27-16-13-20(17-27)26-14-7-8-15-26/h5-6,11-12,19-20H,2-4,7-10,13-18H2,1H3. The SMILES string of the molecule is CN(C(=O)CSc1ccccc1C(=O)N1CCC(N2CCCC2)C1)C1CCCCC1. The molecule has 1 atom stereocenters. The second-order valence-corrected chi connectivity index (χ2v) is 10.0. The molecule has 164 valence electrons. The molecule has 1 aromatic carbocycles. The number of likely N-dealkylation sites (tertiary alicyclic amines) is 2. The number of hydrogen-bond acceptors (Lipinski definition) is 4. The average molecular weight is 430 g/mol. The van der Waals surface area contributed by atoms with Crippen molar-refractivity contribution in [1.82, 2.24) is 14.7 Å². The smallest absolute Gasteiger partial charge is 0.255 e. The summed E-state index contributed by atoms with van der Waals surface area (Å²) in [6, 6.07) is 8.70. The molecule has 3 aliphatic rings. The summed E-state index contributed by atoms with van der Waals surface area (Å²) in [6.45, 7) is 4.02. The number of amides is 2.